The van der Waals surface area contributed by atoms with E-state index in [1.54, 1.807) is 11.1 Å². The van der Waals surface area contributed by atoms with Crippen molar-refractivity contribution in [3.63, 3.8) is 0 Å². The van der Waals surface area contributed by atoms with Gasteiger partial charge in [0.25, 0.3) is 0 Å². The number of ether oxygens (including phenoxy) is 1. The minimum absolute atomic E-state index is 0.103. The highest BCUT2D eigenvalue weighted by Gasteiger charge is 2.32. The van der Waals surface area contributed by atoms with E-state index in [0.717, 1.165) is 22.2 Å². The number of aromatic nitrogens is 5. The lowest BCUT2D eigenvalue weighted by atomic mass is 9.97. The SMILES string of the molecule is CO[C@H]1CCN(c2ncnc(Nc3cc4c(C(C)C)cnc(N5CC(CS(C)(=O)=O)C5)c4cn3)n2)C[C@H]1F. The molecule has 0 radical (unpaired) electrons. The van der Waals surface area contributed by atoms with Crippen molar-refractivity contribution in [2.45, 2.75) is 38.5 Å². The monoisotopic (exact) mass is 544 g/mol. The number of nitrogens with one attached hydrogen (secondary N) is 1. The Kier molecular flexibility index (Phi) is 7.32. The predicted molar refractivity (Wildman–Crippen MR) is 145 cm³/mol. The van der Waals surface area contributed by atoms with E-state index in [-0.39, 0.29) is 24.1 Å². The van der Waals surface area contributed by atoms with Gasteiger partial charge in [-0.05, 0) is 29.4 Å². The van der Waals surface area contributed by atoms with Crippen LogP contribution in [0.3, 0.4) is 0 Å². The molecule has 1 N–H and O–H groups in total. The highest BCUT2D eigenvalue weighted by Crippen LogP contribution is 2.35. The summed E-state index contributed by atoms with van der Waals surface area (Å²) in [5.74, 6) is 2.60. The molecule has 0 aromatic carbocycles. The van der Waals surface area contributed by atoms with Gasteiger partial charge in [0.2, 0.25) is 11.9 Å². The molecule has 0 spiro atoms. The number of sulfone groups is 1. The summed E-state index contributed by atoms with van der Waals surface area (Å²) in [6.07, 6.45) is 5.36. The molecule has 204 valence electrons. The first-order valence-electron chi connectivity index (χ1n) is 12.7. The number of nitrogens with zero attached hydrogens (tertiary/aromatic N) is 7. The van der Waals surface area contributed by atoms with E-state index in [0.29, 0.717) is 43.8 Å². The van der Waals surface area contributed by atoms with E-state index in [1.807, 2.05) is 12.3 Å². The third kappa shape index (κ3) is 5.63. The van der Waals surface area contributed by atoms with Crippen molar-refractivity contribution in [1.29, 1.82) is 0 Å². The molecule has 0 saturated carbocycles. The summed E-state index contributed by atoms with van der Waals surface area (Å²) in [4.78, 5) is 26.2. The van der Waals surface area contributed by atoms with Gasteiger partial charge in [0, 0.05) is 56.7 Å². The van der Waals surface area contributed by atoms with Gasteiger partial charge in [-0.15, -0.1) is 0 Å². The number of halogens is 1. The number of hydrogen-bond acceptors (Lipinski definition) is 11. The highest BCUT2D eigenvalue weighted by atomic mass is 32.2. The minimum atomic E-state index is -3.01. The first-order valence-corrected chi connectivity index (χ1v) is 14.8. The number of fused-ring (bicyclic) bond motifs is 1. The van der Waals surface area contributed by atoms with E-state index in [1.165, 1.54) is 19.7 Å². The summed E-state index contributed by atoms with van der Waals surface area (Å²) in [6.45, 7) is 6.25. The maximum atomic E-state index is 14.4. The second-order valence-corrected chi connectivity index (χ2v) is 12.6. The van der Waals surface area contributed by atoms with Crippen LogP contribution in [0.4, 0.5) is 27.9 Å². The molecule has 2 aliphatic rings. The molecule has 0 amide bonds. The quantitative estimate of drug-likeness (QED) is 0.450. The van der Waals surface area contributed by atoms with Crippen molar-refractivity contribution in [3.05, 3.63) is 30.4 Å². The second kappa shape index (κ2) is 10.5. The van der Waals surface area contributed by atoms with Crippen LogP contribution >= 0.6 is 0 Å². The summed E-state index contributed by atoms with van der Waals surface area (Å²) in [5, 5.41) is 5.08. The number of rotatable bonds is 8. The third-order valence-electron chi connectivity index (χ3n) is 7.07. The molecule has 13 heteroatoms. The molecule has 3 aromatic rings. The molecule has 0 bridgehead atoms. The van der Waals surface area contributed by atoms with Crippen LogP contribution in [-0.4, -0.2) is 90.9 Å². The summed E-state index contributed by atoms with van der Waals surface area (Å²) in [6, 6.07) is 1.95. The largest absolute Gasteiger partial charge is 0.378 e. The van der Waals surface area contributed by atoms with Crippen molar-refractivity contribution in [1.82, 2.24) is 24.9 Å². The Morgan fingerprint density at radius 1 is 1.11 bits per heavy atom. The zero-order valence-electron chi connectivity index (χ0n) is 22.0. The fourth-order valence-corrected chi connectivity index (χ4v) is 6.21. The van der Waals surface area contributed by atoms with Gasteiger partial charge in [-0.2, -0.15) is 4.98 Å². The topological polar surface area (TPSA) is 126 Å². The summed E-state index contributed by atoms with van der Waals surface area (Å²) in [7, 11) is -1.49. The number of anilines is 4. The van der Waals surface area contributed by atoms with Crippen LogP contribution in [0.5, 0.6) is 0 Å². The lowest BCUT2D eigenvalue weighted by Crippen LogP contribution is -2.50. The Morgan fingerprint density at radius 3 is 2.58 bits per heavy atom. The normalized spacial score (nSPS) is 20.7. The van der Waals surface area contributed by atoms with Crippen molar-refractivity contribution < 1.29 is 17.5 Å². The van der Waals surface area contributed by atoms with Crippen LogP contribution in [0.2, 0.25) is 0 Å². The highest BCUT2D eigenvalue weighted by molar-refractivity contribution is 7.90. The molecule has 5 rings (SSSR count). The maximum absolute atomic E-state index is 14.4. The number of piperidine rings is 1. The Hall–Kier alpha value is -3.19. The molecule has 2 fully saturated rings. The standard InChI is InChI=1S/C25H33FN8O3S/c1-15(2)18-8-28-23(34-10-16(11-34)13-38(4,35)36)19-9-27-22(7-17(18)19)31-24-29-14-30-25(32-24)33-6-5-21(37-3)20(26)12-33/h7-9,14-16,20-21H,5-6,10-13H2,1-4H3,(H,27,29,30,31,32)/t20-,21+/m1/s1. The third-order valence-corrected chi connectivity index (χ3v) is 8.14. The molecule has 2 aliphatic heterocycles. The Labute approximate surface area is 221 Å². The van der Waals surface area contributed by atoms with Crippen molar-refractivity contribution >= 4 is 44.1 Å². The van der Waals surface area contributed by atoms with Gasteiger partial charge in [0.15, 0.2) is 0 Å². The summed E-state index contributed by atoms with van der Waals surface area (Å²) < 4.78 is 42.9. The molecular weight excluding hydrogens is 511 g/mol. The maximum Gasteiger partial charge on any atom is 0.233 e. The predicted octanol–water partition coefficient (Wildman–Crippen LogP) is 2.73. The lowest BCUT2D eigenvalue weighted by Gasteiger charge is -2.40. The second-order valence-electron chi connectivity index (χ2n) is 10.4. The molecule has 11 nitrogen and oxygen atoms in total. The van der Waals surface area contributed by atoms with Crippen LogP contribution in [0.15, 0.2) is 24.8 Å². The van der Waals surface area contributed by atoms with Gasteiger partial charge >= 0.3 is 0 Å². The van der Waals surface area contributed by atoms with Gasteiger partial charge in [0.1, 0.15) is 34.0 Å². The Morgan fingerprint density at radius 2 is 1.89 bits per heavy atom. The van der Waals surface area contributed by atoms with Gasteiger partial charge in [-0.1, -0.05) is 13.8 Å². The average Bonchev–Trinajstić information content (AvgIpc) is 2.85. The summed E-state index contributed by atoms with van der Waals surface area (Å²) >= 11 is 0. The lowest BCUT2D eigenvalue weighted by molar-refractivity contribution is 0.0194. The minimum Gasteiger partial charge on any atom is -0.378 e. The van der Waals surface area contributed by atoms with Crippen molar-refractivity contribution in [3.8, 4) is 0 Å². The number of alkyl halides is 1. The zero-order chi connectivity index (χ0) is 27.0. The number of pyridine rings is 2. The van der Waals surface area contributed by atoms with Gasteiger partial charge < -0.3 is 19.9 Å². The van der Waals surface area contributed by atoms with Gasteiger partial charge in [-0.25, -0.2) is 32.7 Å². The fraction of sp³-hybridized carbons (Fsp3) is 0.560. The molecule has 0 aliphatic carbocycles. The van der Waals surface area contributed by atoms with Crippen molar-refractivity contribution in [2.75, 3.05) is 60.4 Å². The van der Waals surface area contributed by atoms with Gasteiger partial charge in [0.05, 0.1) is 18.4 Å². The number of methoxy groups -OCH3 is 1. The van der Waals surface area contributed by atoms with Crippen LogP contribution in [0.1, 0.15) is 31.7 Å². The average molecular weight is 545 g/mol. The molecule has 3 aromatic heterocycles. The Bertz CT molecular complexity index is 1420. The van der Waals surface area contributed by atoms with Crippen molar-refractivity contribution in [2.24, 2.45) is 5.92 Å². The van der Waals surface area contributed by atoms with E-state index < -0.39 is 22.1 Å². The fourth-order valence-electron chi connectivity index (χ4n) is 5.14. The van der Waals surface area contributed by atoms with E-state index >= 15 is 0 Å². The first-order chi connectivity index (χ1) is 18.1. The molecule has 38 heavy (non-hydrogen) atoms. The molecule has 5 heterocycles. The molecule has 0 unspecified atom stereocenters. The Balaban J connectivity index is 1.37. The van der Waals surface area contributed by atoms with Crippen LogP contribution < -0.4 is 15.1 Å². The first kappa shape index (κ1) is 26.4. The smallest absolute Gasteiger partial charge is 0.233 e. The molecular formula is C25H33FN8O3S. The number of hydrogen-bond donors (Lipinski definition) is 1. The molecule has 2 saturated heterocycles. The van der Waals surface area contributed by atoms with E-state index in [9.17, 15) is 12.8 Å². The zero-order valence-corrected chi connectivity index (χ0v) is 22.8. The van der Waals surface area contributed by atoms with Crippen LogP contribution in [-0.2, 0) is 14.6 Å². The van der Waals surface area contributed by atoms with E-state index in [4.69, 9.17) is 9.72 Å². The van der Waals surface area contributed by atoms with Crippen LogP contribution in [0, 0.1) is 5.92 Å². The van der Waals surface area contributed by atoms with Crippen LogP contribution in [0.25, 0.3) is 10.8 Å². The van der Waals surface area contributed by atoms with Gasteiger partial charge in [-0.3, -0.25) is 0 Å². The molecule has 2 atom stereocenters. The van der Waals surface area contributed by atoms with E-state index in [2.05, 4.69) is 44.0 Å². The summed E-state index contributed by atoms with van der Waals surface area (Å²) in [5.41, 5.74) is 1.08.